The Morgan fingerprint density at radius 1 is 1.32 bits per heavy atom. The van der Waals surface area contributed by atoms with Crippen molar-refractivity contribution in [1.29, 1.82) is 0 Å². The average molecular weight is 397 g/mol. The van der Waals surface area contributed by atoms with E-state index in [-0.39, 0.29) is 17.0 Å². The molecule has 0 saturated heterocycles. The molecule has 144 valence electrons. The van der Waals surface area contributed by atoms with Gasteiger partial charge >= 0.3 is 0 Å². The van der Waals surface area contributed by atoms with Gasteiger partial charge in [-0.15, -0.1) is 0 Å². The number of amides is 1. The summed E-state index contributed by atoms with van der Waals surface area (Å²) in [5, 5.41) is 15.0. The Kier molecular flexibility index (Phi) is 4.52. The Bertz CT molecular complexity index is 1080. The van der Waals surface area contributed by atoms with Crippen molar-refractivity contribution in [3.8, 4) is 0 Å². The van der Waals surface area contributed by atoms with E-state index in [9.17, 15) is 13.2 Å². The number of carbonyl (C=O) groups excluding carboxylic acids is 1. The van der Waals surface area contributed by atoms with E-state index >= 15 is 0 Å². The maximum absolute atomic E-state index is 12.7. The summed E-state index contributed by atoms with van der Waals surface area (Å²) < 4.78 is 24.2. The molecule has 1 amide bonds. The molecule has 1 unspecified atom stereocenters. The molecule has 3 aliphatic rings. The molecule has 0 aromatic heterocycles. The van der Waals surface area contributed by atoms with Crippen molar-refractivity contribution >= 4 is 21.5 Å². The van der Waals surface area contributed by atoms with Crippen LogP contribution in [0.2, 0.25) is 0 Å². The third kappa shape index (κ3) is 3.44. The fourth-order valence-corrected chi connectivity index (χ4v) is 3.98. The minimum Gasteiger partial charge on any atom is -0.368 e. The summed E-state index contributed by atoms with van der Waals surface area (Å²) in [7, 11) is -3.42. The SMILES string of the molecule is CS(=O)(=O)c1ccccc1C1=NN2C(C(=O)NC3=CC=CCN3)=CNC2C=C1. The summed E-state index contributed by atoms with van der Waals surface area (Å²) in [5.74, 6) is 0.287. The molecular formula is C19H19N5O3S. The third-order valence-electron chi connectivity index (χ3n) is 4.41. The number of carbonyl (C=O) groups is 1. The fourth-order valence-electron chi connectivity index (χ4n) is 3.08. The molecule has 4 rings (SSSR count). The number of allylic oxidation sites excluding steroid dienone is 3. The molecule has 0 radical (unpaired) electrons. The van der Waals surface area contributed by atoms with Crippen molar-refractivity contribution in [3.63, 3.8) is 0 Å². The van der Waals surface area contributed by atoms with Crippen molar-refractivity contribution in [3.05, 3.63) is 77.9 Å². The van der Waals surface area contributed by atoms with Crippen molar-refractivity contribution < 1.29 is 13.2 Å². The van der Waals surface area contributed by atoms with Crippen LogP contribution in [0.15, 0.2) is 82.4 Å². The van der Waals surface area contributed by atoms with Crippen LogP contribution < -0.4 is 16.0 Å². The van der Waals surface area contributed by atoms with Crippen LogP contribution in [0.3, 0.4) is 0 Å². The van der Waals surface area contributed by atoms with Crippen LogP contribution in [0.1, 0.15) is 5.56 Å². The number of rotatable bonds is 4. The van der Waals surface area contributed by atoms with Crippen LogP contribution in [0.25, 0.3) is 0 Å². The molecule has 0 saturated carbocycles. The smallest absolute Gasteiger partial charge is 0.276 e. The van der Waals surface area contributed by atoms with Gasteiger partial charge in [0, 0.05) is 24.6 Å². The molecule has 9 heteroatoms. The van der Waals surface area contributed by atoms with Gasteiger partial charge in [0.15, 0.2) is 9.84 Å². The van der Waals surface area contributed by atoms with Gasteiger partial charge in [0.2, 0.25) is 0 Å². The van der Waals surface area contributed by atoms with Crippen molar-refractivity contribution in [2.75, 3.05) is 12.8 Å². The highest BCUT2D eigenvalue weighted by Crippen LogP contribution is 2.24. The minimum atomic E-state index is -3.42. The van der Waals surface area contributed by atoms with Crippen LogP contribution in [0, 0.1) is 0 Å². The number of sulfone groups is 1. The molecule has 28 heavy (non-hydrogen) atoms. The summed E-state index contributed by atoms with van der Waals surface area (Å²) in [6.45, 7) is 0.642. The second-order valence-electron chi connectivity index (χ2n) is 6.44. The second kappa shape index (κ2) is 7.01. The topological polar surface area (TPSA) is 103 Å². The highest BCUT2D eigenvalue weighted by molar-refractivity contribution is 7.90. The van der Waals surface area contributed by atoms with Gasteiger partial charge in [-0.1, -0.05) is 30.4 Å². The summed E-state index contributed by atoms with van der Waals surface area (Å²) in [6.07, 6.45) is 11.6. The van der Waals surface area contributed by atoms with Crippen molar-refractivity contribution in [2.24, 2.45) is 5.10 Å². The predicted molar refractivity (Wildman–Crippen MR) is 105 cm³/mol. The highest BCUT2D eigenvalue weighted by Gasteiger charge is 2.32. The summed E-state index contributed by atoms with van der Waals surface area (Å²) >= 11 is 0. The zero-order valence-corrected chi connectivity index (χ0v) is 15.9. The zero-order chi connectivity index (χ0) is 19.7. The van der Waals surface area contributed by atoms with Gasteiger partial charge in [-0.3, -0.25) is 4.79 Å². The van der Waals surface area contributed by atoms with E-state index < -0.39 is 9.84 Å². The number of nitrogens with zero attached hydrogens (tertiary/aromatic N) is 2. The van der Waals surface area contributed by atoms with E-state index in [2.05, 4.69) is 21.1 Å². The molecule has 1 aromatic carbocycles. The normalized spacial score (nSPS) is 20.4. The van der Waals surface area contributed by atoms with Crippen LogP contribution >= 0.6 is 0 Å². The van der Waals surface area contributed by atoms with Gasteiger partial charge in [-0.05, 0) is 24.3 Å². The molecule has 1 aromatic rings. The van der Waals surface area contributed by atoms with Crippen LogP contribution in [0.4, 0.5) is 0 Å². The number of hydrogen-bond donors (Lipinski definition) is 3. The standard InChI is InChI=1S/C19H19N5O3S/c1-28(26,27)16-7-3-2-6-13(16)14-9-10-18-21-12-15(24(18)23-14)19(25)22-17-8-4-5-11-20-17/h2-10,12,18,20-21H,11H2,1H3,(H,22,25). The molecule has 0 spiro atoms. The van der Waals surface area contributed by atoms with Crippen LogP contribution in [-0.4, -0.2) is 44.0 Å². The number of hydrogen-bond acceptors (Lipinski definition) is 7. The quantitative estimate of drug-likeness (QED) is 0.686. The van der Waals surface area contributed by atoms with Crippen molar-refractivity contribution in [2.45, 2.75) is 11.1 Å². The van der Waals surface area contributed by atoms with Crippen LogP contribution in [0.5, 0.6) is 0 Å². The Labute approximate surface area is 162 Å². The number of hydrazone groups is 1. The Hall–Kier alpha value is -3.33. The third-order valence-corrected chi connectivity index (χ3v) is 5.56. The molecule has 0 aliphatic carbocycles. The van der Waals surface area contributed by atoms with Crippen LogP contribution in [-0.2, 0) is 14.6 Å². The predicted octanol–water partition coefficient (Wildman–Crippen LogP) is 0.554. The lowest BCUT2D eigenvalue weighted by Gasteiger charge is -2.26. The van der Waals surface area contributed by atoms with E-state index in [0.717, 1.165) is 6.26 Å². The Balaban J connectivity index is 1.63. The highest BCUT2D eigenvalue weighted by atomic mass is 32.2. The summed E-state index contributed by atoms with van der Waals surface area (Å²) in [4.78, 5) is 12.9. The lowest BCUT2D eigenvalue weighted by molar-refractivity contribution is -0.118. The maximum atomic E-state index is 12.7. The maximum Gasteiger partial charge on any atom is 0.276 e. The number of nitrogens with one attached hydrogen (secondary N) is 3. The second-order valence-corrected chi connectivity index (χ2v) is 8.43. The summed E-state index contributed by atoms with van der Waals surface area (Å²) in [6, 6.07) is 6.68. The molecule has 0 bridgehead atoms. The van der Waals surface area contributed by atoms with E-state index in [1.807, 2.05) is 18.2 Å². The molecule has 3 N–H and O–H groups in total. The first-order valence-corrected chi connectivity index (χ1v) is 10.6. The molecular weight excluding hydrogens is 378 g/mol. The molecule has 8 nitrogen and oxygen atoms in total. The first-order valence-electron chi connectivity index (χ1n) is 8.67. The van der Waals surface area contributed by atoms with Gasteiger partial charge in [0.25, 0.3) is 5.91 Å². The van der Waals surface area contributed by atoms with Gasteiger partial charge in [0.1, 0.15) is 17.7 Å². The fraction of sp³-hybridized carbons (Fsp3) is 0.158. The average Bonchev–Trinajstić information content (AvgIpc) is 3.11. The number of fused-ring (bicyclic) bond motifs is 1. The minimum absolute atomic E-state index is 0.197. The van der Waals surface area contributed by atoms with E-state index in [1.54, 1.807) is 47.6 Å². The largest absolute Gasteiger partial charge is 0.368 e. The molecule has 3 heterocycles. The first-order chi connectivity index (χ1) is 13.4. The lowest BCUT2D eigenvalue weighted by atomic mass is 10.1. The van der Waals surface area contributed by atoms with Gasteiger partial charge in [0.05, 0.1) is 10.6 Å². The first kappa shape index (κ1) is 18.1. The number of benzene rings is 1. The summed E-state index contributed by atoms with van der Waals surface area (Å²) in [5.41, 5.74) is 1.30. The zero-order valence-electron chi connectivity index (χ0n) is 15.1. The Morgan fingerprint density at radius 2 is 2.14 bits per heavy atom. The Morgan fingerprint density at radius 3 is 2.89 bits per heavy atom. The van der Waals surface area contributed by atoms with E-state index in [4.69, 9.17) is 0 Å². The monoisotopic (exact) mass is 397 g/mol. The number of dihydropyridines is 1. The van der Waals surface area contributed by atoms with Gasteiger partial charge < -0.3 is 16.0 Å². The van der Waals surface area contributed by atoms with Crippen molar-refractivity contribution in [1.82, 2.24) is 21.0 Å². The van der Waals surface area contributed by atoms with E-state index in [0.29, 0.717) is 29.3 Å². The van der Waals surface area contributed by atoms with E-state index in [1.165, 1.54) is 0 Å². The van der Waals surface area contributed by atoms with Gasteiger partial charge in [-0.2, -0.15) is 5.10 Å². The molecule has 1 atom stereocenters. The molecule has 3 aliphatic heterocycles. The lowest BCUT2D eigenvalue weighted by Crippen LogP contribution is -2.40. The van der Waals surface area contributed by atoms with Gasteiger partial charge in [-0.25, -0.2) is 13.4 Å². The molecule has 0 fully saturated rings.